The van der Waals surface area contributed by atoms with E-state index in [4.69, 9.17) is 17.3 Å². The van der Waals surface area contributed by atoms with Gasteiger partial charge in [-0.25, -0.2) is 8.42 Å². The highest BCUT2D eigenvalue weighted by Gasteiger charge is 2.36. The molecule has 1 amide bonds. The molecule has 1 unspecified atom stereocenters. The number of sulfonamides is 1. The molecule has 1 saturated heterocycles. The number of rotatable bonds is 6. The van der Waals surface area contributed by atoms with Crippen molar-refractivity contribution in [2.45, 2.75) is 17.7 Å². The summed E-state index contributed by atoms with van der Waals surface area (Å²) in [6, 6.07) is 3.38. The van der Waals surface area contributed by atoms with Crippen molar-refractivity contribution in [3.63, 3.8) is 0 Å². The Balaban J connectivity index is 2.29. The zero-order chi connectivity index (χ0) is 18.6. The van der Waals surface area contributed by atoms with Crippen LogP contribution in [0, 0.1) is 16.0 Å². The third kappa shape index (κ3) is 4.46. The van der Waals surface area contributed by atoms with Crippen LogP contribution in [-0.2, 0) is 14.8 Å². The SMILES string of the molecule is NCCNC(=O)C1CCCN(S(=O)(=O)c2cc(Cl)ccc2[N+](=O)[O-])C1. The van der Waals surface area contributed by atoms with Gasteiger partial charge in [0.05, 0.1) is 10.8 Å². The number of piperidine rings is 1. The molecule has 1 heterocycles. The number of nitro benzene ring substituents is 1. The van der Waals surface area contributed by atoms with Crippen molar-refractivity contribution in [3.05, 3.63) is 33.3 Å². The molecule has 1 fully saturated rings. The number of nitro groups is 1. The second kappa shape index (κ2) is 8.09. The van der Waals surface area contributed by atoms with E-state index in [0.29, 0.717) is 19.4 Å². The van der Waals surface area contributed by atoms with Crippen molar-refractivity contribution < 1.29 is 18.1 Å². The van der Waals surface area contributed by atoms with Crippen LogP contribution < -0.4 is 11.1 Å². The van der Waals surface area contributed by atoms with Gasteiger partial charge in [0.25, 0.3) is 5.69 Å². The molecule has 3 N–H and O–H groups in total. The minimum Gasteiger partial charge on any atom is -0.355 e. The molecule has 1 atom stereocenters. The monoisotopic (exact) mass is 390 g/mol. The average Bonchev–Trinajstić information content (AvgIpc) is 2.59. The fraction of sp³-hybridized carbons (Fsp3) is 0.500. The van der Waals surface area contributed by atoms with Crippen LogP contribution in [0.1, 0.15) is 12.8 Å². The summed E-state index contributed by atoms with van der Waals surface area (Å²) in [5.41, 5.74) is 4.80. The number of halogens is 1. The first-order valence-corrected chi connectivity index (χ1v) is 9.51. The maximum Gasteiger partial charge on any atom is 0.289 e. The van der Waals surface area contributed by atoms with Gasteiger partial charge in [0.1, 0.15) is 0 Å². The Kier molecular flexibility index (Phi) is 6.33. The average molecular weight is 391 g/mol. The first-order chi connectivity index (χ1) is 11.8. The van der Waals surface area contributed by atoms with E-state index < -0.39 is 31.4 Å². The number of carbonyl (C=O) groups is 1. The van der Waals surface area contributed by atoms with Crippen molar-refractivity contribution in [3.8, 4) is 0 Å². The number of amides is 1. The van der Waals surface area contributed by atoms with E-state index in [2.05, 4.69) is 5.32 Å². The van der Waals surface area contributed by atoms with Gasteiger partial charge in [-0.1, -0.05) is 11.6 Å². The van der Waals surface area contributed by atoms with Gasteiger partial charge in [-0.2, -0.15) is 4.31 Å². The molecule has 0 aromatic heterocycles. The predicted molar refractivity (Wildman–Crippen MR) is 91.7 cm³/mol. The topological polar surface area (TPSA) is 136 Å². The van der Waals surface area contributed by atoms with E-state index in [0.717, 1.165) is 16.4 Å². The second-order valence-electron chi connectivity index (χ2n) is 5.65. The predicted octanol–water partition coefficient (Wildman–Crippen LogP) is 0.724. The van der Waals surface area contributed by atoms with E-state index in [-0.39, 0.29) is 30.6 Å². The highest BCUT2D eigenvalue weighted by Crippen LogP contribution is 2.31. The summed E-state index contributed by atoms with van der Waals surface area (Å²) >= 11 is 5.82. The Labute approximate surface area is 150 Å². The van der Waals surface area contributed by atoms with Crippen molar-refractivity contribution >= 4 is 33.2 Å². The van der Waals surface area contributed by atoms with Crippen LogP contribution >= 0.6 is 11.6 Å². The first kappa shape index (κ1) is 19.6. The van der Waals surface area contributed by atoms with Crippen molar-refractivity contribution in [1.29, 1.82) is 0 Å². The molecule has 1 aliphatic heterocycles. The fourth-order valence-corrected chi connectivity index (χ4v) is 4.64. The van der Waals surface area contributed by atoms with Gasteiger partial charge in [-0.05, 0) is 25.0 Å². The van der Waals surface area contributed by atoms with Crippen molar-refractivity contribution in [2.75, 3.05) is 26.2 Å². The summed E-state index contributed by atoms with van der Waals surface area (Å²) in [5.74, 6) is -0.792. The van der Waals surface area contributed by atoms with Crippen LogP contribution in [0.4, 0.5) is 5.69 Å². The lowest BCUT2D eigenvalue weighted by Crippen LogP contribution is -2.46. The molecule has 0 spiro atoms. The number of benzene rings is 1. The van der Waals surface area contributed by atoms with Crippen LogP contribution in [0.3, 0.4) is 0 Å². The highest BCUT2D eigenvalue weighted by molar-refractivity contribution is 7.89. The van der Waals surface area contributed by atoms with Gasteiger partial charge in [0.15, 0.2) is 4.90 Å². The summed E-state index contributed by atoms with van der Waals surface area (Å²) in [6.45, 7) is 0.742. The number of carbonyl (C=O) groups excluding carboxylic acids is 1. The number of nitrogens with one attached hydrogen (secondary N) is 1. The van der Waals surface area contributed by atoms with Crippen LogP contribution in [0.25, 0.3) is 0 Å². The fourth-order valence-electron chi connectivity index (χ4n) is 2.70. The number of nitrogens with zero attached hydrogens (tertiary/aromatic N) is 2. The standard InChI is InChI=1S/C14H19ClN4O5S/c15-11-3-4-12(19(21)22)13(8-11)25(23,24)18-7-1-2-10(9-18)14(20)17-6-5-16/h3-4,8,10H,1-2,5-7,9,16H2,(H,17,20). The van der Waals surface area contributed by atoms with E-state index in [1.807, 2.05) is 0 Å². The Morgan fingerprint density at radius 3 is 2.84 bits per heavy atom. The third-order valence-corrected chi connectivity index (χ3v) is 6.06. The van der Waals surface area contributed by atoms with E-state index in [1.54, 1.807) is 0 Å². The molecule has 9 nitrogen and oxygen atoms in total. The highest BCUT2D eigenvalue weighted by atomic mass is 35.5. The zero-order valence-corrected chi connectivity index (χ0v) is 14.9. The molecule has 138 valence electrons. The second-order valence-corrected chi connectivity index (χ2v) is 7.99. The van der Waals surface area contributed by atoms with Crippen LogP contribution in [-0.4, -0.2) is 49.7 Å². The Bertz CT molecular complexity index is 770. The molecular weight excluding hydrogens is 372 g/mol. The van der Waals surface area contributed by atoms with Gasteiger partial charge < -0.3 is 11.1 Å². The molecular formula is C14H19ClN4O5S. The molecule has 0 aliphatic carbocycles. The summed E-state index contributed by atoms with van der Waals surface area (Å²) < 4.78 is 26.8. The third-order valence-electron chi connectivity index (χ3n) is 3.93. The molecule has 1 aromatic rings. The Morgan fingerprint density at radius 2 is 2.20 bits per heavy atom. The Hall–Kier alpha value is -1.75. The smallest absolute Gasteiger partial charge is 0.289 e. The van der Waals surface area contributed by atoms with Crippen molar-refractivity contribution in [1.82, 2.24) is 9.62 Å². The summed E-state index contributed by atoms with van der Waals surface area (Å²) in [4.78, 5) is 22.0. The molecule has 1 aromatic carbocycles. The summed E-state index contributed by atoms with van der Waals surface area (Å²) in [5, 5.41) is 13.9. The van der Waals surface area contributed by atoms with Gasteiger partial charge >= 0.3 is 0 Å². The lowest BCUT2D eigenvalue weighted by molar-refractivity contribution is -0.387. The minimum absolute atomic E-state index is 0.0393. The van der Waals surface area contributed by atoms with Gasteiger partial charge in [-0.15, -0.1) is 0 Å². The molecule has 0 bridgehead atoms. The molecule has 1 aliphatic rings. The Morgan fingerprint density at radius 1 is 1.48 bits per heavy atom. The van der Waals surface area contributed by atoms with Crippen molar-refractivity contribution in [2.24, 2.45) is 11.7 Å². The maximum absolute atomic E-state index is 12.9. The normalized spacial score (nSPS) is 18.7. The van der Waals surface area contributed by atoms with E-state index in [1.165, 1.54) is 6.07 Å². The number of hydrogen-bond donors (Lipinski definition) is 2. The molecule has 11 heteroatoms. The molecule has 0 saturated carbocycles. The molecule has 25 heavy (non-hydrogen) atoms. The molecule has 2 rings (SSSR count). The number of hydrogen-bond acceptors (Lipinski definition) is 6. The van der Waals surface area contributed by atoms with Crippen LogP contribution in [0.5, 0.6) is 0 Å². The van der Waals surface area contributed by atoms with E-state index >= 15 is 0 Å². The zero-order valence-electron chi connectivity index (χ0n) is 13.4. The summed E-state index contributed by atoms with van der Waals surface area (Å²) in [6.07, 6.45) is 1.02. The van der Waals surface area contributed by atoms with Crippen LogP contribution in [0.2, 0.25) is 5.02 Å². The quantitative estimate of drug-likeness (QED) is 0.542. The largest absolute Gasteiger partial charge is 0.355 e. The van der Waals surface area contributed by atoms with Gasteiger partial charge in [-0.3, -0.25) is 14.9 Å². The molecule has 0 radical (unpaired) electrons. The number of nitrogens with two attached hydrogens (primary N) is 1. The van der Waals surface area contributed by atoms with Gasteiger partial charge in [0.2, 0.25) is 15.9 Å². The summed E-state index contributed by atoms with van der Waals surface area (Å²) in [7, 11) is -4.14. The van der Waals surface area contributed by atoms with Gasteiger partial charge in [0, 0.05) is 37.3 Å². The maximum atomic E-state index is 12.9. The van der Waals surface area contributed by atoms with Crippen LogP contribution in [0.15, 0.2) is 23.1 Å². The lowest BCUT2D eigenvalue weighted by atomic mass is 9.99. The van der Waals surface area contributed by atoms with E-state index in [9.17, 15) is 23.3 Å². The lowest BCUT2D eigenvalue weighted by Gasteiger charge is -2.31. The minimum atomic E-state index is -4.14. The first-order valence-electron chi connectivity index (χ1n) is 7.69.